The lowest BCUT2D eigenvalue weighted by Gasteiger charge is -2.27. The fraction of sp³-hybridized carbons (Fsp3) is 0.280. The number of amides is 1. The Kier molecular flexibility index (Phi) is 4.29. The van der Waals surface area contributed by atoms with E-state index in [1.807, 2.05) is 0 Å². The minimum absolute atomic E-state index is 0.145. The molecule has 2 aliphatic carbocycles. The maximum Gasteiger partial charge on any atom is 0.354 e. The van der Waals surface area contributed by atoms with Gasteiger partial charge in [0.1, 0.15) is 22.7 Å². The molecule has 1 aromatic carbocycles. The van der Waals surface area contributed by atoms with E-state index >= 15 is 0 Å². The molecule has 3 heterocycles. The van der Waals surface area contributed by atoms with Gasteiger partial charge in [0.25, 0.3) is 5.91 Å². The molecular formula is C25H21N3O7. The van der Waals surface area contributed by atoms with Crippen molar-refractivity contribution in [2.75, 3.05) is 27.9 Å². The number of hydrogen-bond acceptors (Lipinski definition) is 7. The predicted molar refractivity (Wildman–Crippen MR) is 122 cm³/mol. The highest BCUT2D eigenvalue weighted by Crippen LogP contribution is 2.66. The van der Waals surface area contributed by atoms with Crippen molar-refractivity contribution in [2.45, 2.75) is 11.8 Å². The van der Waals surface area contributed by atoms with Crippen LogP contribution in [0.5, 0.6) is 11.5 Å². The average molecular weight is 475 g/mol. The van der Waals surface area contributed by atoms with E-state index in [4.69, 9.17) is 14.2 Å². The number of methoxy groups -OCH3 is 3. The zero-order valence-electron chi connectivity index (χ0n) is 19.2. The Labute approximate surface area is 198 Å². The summed E-state index contributed by atoms with van der Waals surface area (Å²) in [7, 11) is 4.18. The third-order valence-corrected chi connectivity index (χ3v) is 7.36. The number of piperidine rings is 1. The molecule has 10 nitrogen and oxygen atoms in total. The Hall–Kier alpha value is -4.34. The molecule has 2 unspecified atom stereocenters. The van der Waals surface area contributed by atoms with Crippen molar-refractivity contribution in [1.29, 1.82) is 0 Å². The first-order valence-corrected chi connectivity index (χ1v) is 11.0. The van der Waals surface area contributed by atoms with Gasteiger partial charge in [0.15, 0.2) is 12.0 Å². The van der Waals surface area contributed by atoms with E-state index in [1.54, 1.807) is 23.1 Å². The number of nitrogens with one attached hydrogen (secondary N) is 2. The molecule has 1 saturated heterocycles. The largest absolute Gasteiger partial charge is 0.496 e. The van der Waals surface area contributed by atoms with Gasteiger partial charge in [-0.25, -0.2) is 4.79 Å². The van der Waals surface area contributed by atoms with Crippen molar-refractivity contribution < 1.29 is 33.4 Å². The van der Waals surface area contributed by atoms with Gasteiger partial charge in [0.05, 0.1) is 32.5 Å². The molecule has 3 aliphatic rings. The van der Waals surface area contributed by atoms with E-state index in [-0.39, 0.29) is 34.6 Å². The topological polar surface area (TPSA) is 131 Å². The zero-order valence-corrected chi connectivity index (χ0v) is 19.2. The van der Waals surface area contributed by atoms with Gasteiger partial charge < -0.3 is 29.1 Å². The number of fused-ring (bicyclic) bond motifs is 2. The summed E-state index contributed by atoms with van der Waals surface area (Å²) < 4.78 is 15.6. The molecule has 1 saturated carbocycles. The van der Waals surface area contributed by atoms with Crippen molar-refractivity contribution in [3.05, 3.63) is 58.2 Å². The zero-order chi connectivity index (χ0) is 24.6. The van der Waals surface area contributed by atoms with Gasteiger partial charge in [0.2, 0.25) is 5.78 Å². The lowest BCUT2D eigenvalue weighted by molar-refractivity contribution is 0.0594. The molecule has 2 aromatic heterocycles. The number of carbonyl (C=O) groups is 4. The third-order valence-electron chi connectivity index (χ3n) is 7.36. The van der Waals surface area contributed by atoms with Crippen LogP contribution in [-0.2, 0) is 10.2 Å². The maximum absolute atomic E-state index is 13.6. The van der Waals surface area contributed by atoms with Crippen LogP contribution in [-0.4, -0.2) is 66.7 Å². The molecule has 1 amide bonds. The first-order chi connectivity index (χ1) is 16.9. The Bertz CT molecular complexity index is 1510. The number of H-pyrrole nitrogens is 2. The fourth-order valence-corrected chi connectivity index (χ4v) is 5.70. The molecule has 178 valence electrons. The van der Waals surface area contributed by atoms with Gasteiger partial charge in [-0.05, 0) is 36.1 Å². The number of allylic oxidation sites excluding steroid dienone is 2. The molecule has 0 radical (unpaired) electrons. The minimum atomic E-state index is -0.551. The molecular weight excluding hydrogens is 454 g/mol. The van der Waals surface area contributed by atoms with E-state index in [2.05, 4.69) is 9.97 Å². The van der Waals surface area contributed by atoms with E-state index < -0.39 is 11.4 Å². The van der Waals surface area contributed by atoms with Gasteiger partial charge >= 0.3 is 5.97 Å². The van der Waals surface area contributed by atoms with Gasteiger partial charge in [-0.15, -0.1) is 0 Å². The lowest BCUT2D eigenvalue weighted by atomic mass is 9.85. The quantitative estimate of drug-likeness (QED) is 0.428. The summed E-state index contributed by atoms with van der Waals surface area (Å²) in [5.41, 5.74) is 2.52. The number of rotatable bonds is 5. The predicted octanol–water partition coefficient (Wildman–Crippen LogP) is 2.61. The molecule has 2 atom stereocenters. The number of ketones is 1. The number of hydrogen-bond donors (Lipinski definition) is 2. The summed E-state index contributed by atoms with van der Waals surface area (Å²) in [6.07, 6.45) is 2.93. The Morgan fingerprint density at radius 3 is 2.60 bits per heavy atom. The highest BCUT2D eigenvalue weighted by atomic mass is 16.5. The summed E-state index contributed by atoms with van der Waals surface area (Å²) in [4.78, 5) is 57.8. The van der Waals surface area contributed by atoms with Crippen molar-refractivity contribution in [2.24, 2.45) is 5.92 Å². The number of benzene rings is 1. The van der Waals surface area contributed by atoms with Crippen molar-refractivity contribution in [1.82, 2.24) is 14.9 Å². The maximum atomic E-state index is 13.6. The number of carbonyl (C=O) groups excluding carboxylic acids is 4. The molecule has 3 aromatic rings. The molecule has 35 heavy (non-hydrogen) atoms. The first kappa shape index (κ1) is 21.2. The molecule has 6 rings (SSSR count). The Morgan fingerprint density at radius 2 is 1.91 bits per heavy atom. The number of aromatic amines is 2. The normalized spacial score (nSPS) is 21.7. The fourth-order valence-electron chi connectivity index (χ4n) is 5.70. The molecule has 1 spiro atoms. The number of likely N-dealkylation sites (tertiary alicyclic amines) is 1. The average Bonchev–Trinajstić information content (AvgIpc) is 3.21. The summed E-state index contributed by atoms with van der Waals surface area (Å²) in [6.45, 7) is 0.450. The Morgan fingerprint density at radius 1 is 1.11 bits per heavy atom. The van der Waals surface area contributed by atoms with Gasteiger partial charge in [-0.2, -0.15) is 0 Å². The van der Waals surface area contributed by atoms with Crippen LogP contribution in [0.1, 0.15) is 53.8 Å². The van der Waals surface area contributed by atoms with Gasteiger partial charge in [-0.1, -0.05) is 0 Å². The summed E-state index contributed by atoms with van der Waals surface area (Å²) in [6, 6.07) is 5.01. The molecule has 1 aliphatic heterocycles. The third kappa shape index (κ3) is 2.64. The molecule has 2 fully saturated rings. The van der Waals surface area contributed by atoms with Crippen LogP contribution >= 0.6 is 0 Å². The van der Waals surface area contributed by atoms with Crippen LogP contribution in [0.3, 0.4) is 0 Å². The number of aldehydes is 1. The second-order valence-electron chi connectivity index (χ2n) is 8.94. The van der Waals surface area contributed by atoms with Gasteiger partial charge in [0, 0.05) is 29.1 Å². The molecule has 0 bridgehead atoms. The van der Waals surface area contributed by atoms with E-state index in [9.17, 15) is 19.2 Å². The monoisotopic (exact) mass is 475 g/mol. The van der Waals surface area contributed by atoms with Gasteiger partial charge in [-0.3, -0.25) is 14.4 Å². The lowest BCUT2D eigenvalue weighted by Crippen LogP contribution is -2.33. The van der Waals surface area contributed by atoms with Crippen LogP contribution < -0.4 is 9.47 Å². The van der Waals surface area contributed by atoms with E-state index in [0.29, 0.717) is 46.6 Å². The second kappa shape index (κ2) is 7.08. The summed E-state index contributed by atoms with van der Waals surface area (Å²) >= 11 is 0. The SMILES string of the molecule is COC(=O)c1cc2c([nH]1)C(=O)C=C1N(C(=O)c3cc4cc(OC)c(C=O)c(OC)c4[nH]3)CC3CC123. The van der Waals surface area contributed by atoms with Crippen molar-refractivity contribution in [3.63, 3.8) is 0 Å². The van der Waals surface area contributed by atoms with Crippen LogP contribution in [0.25, 0.3) is 10.9 Å². The van der Waals surface area contributed by atoms with Crippen LogP contribution in [0, 0.1) is 5.92 Å². The van der Waals surface area contributed by atoms with E-state index in [1.165, 1.54) is 27.4 Å². The number of ether oxygens (including phenoxy) is 3. The van der Waals surface area contributed by atoms with Crippen molar-refractivity contribution in [3.8, 4) is 11.5 Å². The minimum Gasteiger partial charge on any atom is -0.496 e. The summed E-state index contributed by atoms with van der Waals surface area (Å²) in [5.74, 6) is -0.372. The standard InChI is InChI=1S/C25H21N3O7/c1-33-18-5-11-4-15(26-20(11)22(34-2)13(18)10-29)23(31)28-9-12-8-25(12)14-6-16(24(32)35-3)27-21(14)17(30)7-19(25)28/h4-7,10,12,26-27H,8-9H2,1-3H3. The number of esters is 1. The van der Waals surface area contributed by atoms with Crippen LogP contribution in [0.15, 0.2) is 30.0 Å². The molecule has 10 heteroatoms. The number of aromatic nitrogens is 2. The molecule has 2 N–H and O–H groups in total. The highest BCUT2D eigenvalue weighted by molar-refractivity contribution is 6.10. The first-order valence-electron chi connectivity index (χ1n) is 11.0. The van der Waals surface area contributed by atoms with Crippen molar-refractivity contribution >= 4 is 34.8 Å². The van der Waals surface area contributed by atoms with Crippen LogP contribution in [0.2, 0.25) is 0 Å². The van der Waals surface area contributed by atoms with Crippen LogP contribution in [0.4, 0.5) is 0 Å². The summed E-state index contributed by atoms with van der Waals surface area (Å²) in [5, 5.41) is 0.649. The smallest absolute Gasteiger partial charge is 0.354 e. The second-order valence-corrected chi connectivity index (χ2v) is 8.94. The highest BCUT2D eigenvalue weighted by Gasteiger charge is 2.68. The van der Waals surface area contributed by atoms with E-state index in [0.717, 1.165) is 12.0 Å². The number of nitrogens with zero attached hydrogens (tertiary/aromatic N) is 1. The Balaban J connectivity index is 1.40.